The summed E-state index contributed by atoms with van der Waals surface area (Å²) in [4.78, 5) is 4.05. The van der Waals surface area contributed by atoms with Crippen LogP contribution in [0.1, 0.15) is 6.42 Å². The van der Waals surface area contributed by atoms with Crippen molar-refractivity contribution in [3.05, 3.63) is 24.5 Å². The van der Waals surface area contributed by atoms with Crippen LogP contribution in [0.25, 0.3) is 0 Å². The van der Waals surface area contributed by atoms with Crippen molar-refractivity contribution in [3.8, 4) is 0 Å². The summed E-state index contributed by atoms with van der Waals surface area (Å²) in [5.74, 6) is 0. The van der Waals surface area contributed by atoms with Crippen LogP contribution in [-0.2, 0) is 4.74 Å². The molecule has 0 aromatic carbocycles. The van der Waals surface area contributed by atoms with Crippen molar-refractivity contribution in [2.45, 2.75) is 12.5 Å². The van der Waals surface area contributed by atoms with E-state index in [4.69, 9.17) is 4.74 Å². The second kappa shape index (κ2) is 5.68. The van der Waals surface area contributed by atoms with Crippen molar-refractivity contribution < 1.29 is 4.74 Å². The van der Waals surface area contributed by atoms with Gasteiger partial charge in [0, 0.05) is 31.5 Å². The van der Waals surface area contributed by atoms with Crippen molar-refractivity contribution in [2.24, 2.45) is 0 Å². The second-order valence-corrected chi connectivity index (χ2v) is 3.68. The standard InChI is InChI=1S/C11H17N3O/c1-2-10(8-12-4-1)13-5-3-11-9-15-7-6-14-11/h1-2,4,8,11,13-14H,3,5-7,9H2. The van der Waals surface area contributed by atoms with Gasteiger partial charge < -0.3 is 15.4 Å². The van der Waals surface area contributed by atoms with E-state index in [0.717, 1.165) is 38.4 Å². The first-order chi connectivity index (χ1) is 7.45. The molecule has 1 saturated heterocycles. The zero-order valence-electron chi connectivity index (χ0n) is 8.78. The number of ether oxygens (including phenoxy) is 1. The molecule has 1 atom stereocenters. The third-order valence-electron chi connectivity index (χ3n) is 2.48. The minimum absolute atomic E-state index is 0.489. The lowest BCUT2D eigenvalue weighted by molar-refractivity contribution is 0.0753. The summed E-state index contributed by atoms with van der Waals surface area (Å²) in [7, 11) is 0. The van der Waals surface area contributed by atoms with Crippen LogP contribution >= 0.6 is 0 Å². The number of anilines is 1. The average Bonchev–Trinajstić information content (AvgIpc) is 2.32. The van der Waals surface area contributed by atoms with E-state index >= 15 is 0 Å². The maximum absolute atomic E-state index is 5.38. The van der Waals surface area contributed by atoms with Gasteiger partial charge in [-0.3, -0.25) is 4.98 Å². The van der Waals surface area contributed by atoms with Gasteiger partial charge in [-0.2, -0.15) is 0 Å². The summed E-state index contributed by atoms with van der Waals surface area (Å²) in [5.41, 5.74) is 1.08. The third-order valence-corrected chi connectivity index (χ3v) is 2.48. The fourth-order valence-corrected chi connectivity index (χ4v) is 1.66. The van der Waals surface area contributed by atoms with Gasteiger partial charge in [-0.25, -0.2) is 0 Å². The van der Waals surface area contributed by atoms with Gasteiger partial charge in [-0.15, -0.1) is 0 Å². The molecule has 1 fully saturated rings. The zero-order chi connectivity index (χ0) is 10.3. The van der Waals surface area contributed by atoms with Gasteiger partial charge in [0.05, 0.1) is 18.9 Å². The Balaban J connectivity index is 1.66. The molecule has 1 unspecified atom stereocenters. The molecular weight excluding hydrogens is 190 g/mol. The Morgan fingerprint density at radius 1 is 1.60 bits per heavy atom. The van der Waals surface area contributed by atoms with E-state index in [2.05, 4.69) is 15.6 Å². The molecule has 0 amide bonds. The second-order valence-electron chi connectivity index (χ2n) is 3.68. The molecule has 2 heterocycles. The van der Waals surface area contributed by atoms with E-state index in [-0.39, 0.29) is 0 Å². The number of hydrogen-bond donors (Lipinski definition) is 2. The molecule has 82 valence electrons. The number of rotatable bonds is 4. The van der Waals surface area contributed by atoms with Crippen molar-refractivity contribution in [1.29, 1.82) is 0 Å². The Labute approximate surface area is 90.0 Å². The van der Waals surface area contributed by atoms with Crippen LogP contribution < -0.4 is 10.6 Å². The minimum atomic E-state index is 0.489. The molecule has 2 rings (SSSR count). The molecule has 0 aliphatic carbocycles. The Kier molecular flexibility index (Phi) is 3.93. The van der Waals surface area contributed by atoms with E-state index in [9.17, 15) is 0 Å². The number of pyridine rings is 1. The maximum atomic E-state index is 5.38. The first kappa shape index (κ1) is 10.4. The number of nitrogens with one attached hydrogen (secondary N) is 2. The molecule has 0 radical (unpaired) electrons. The van der Waals surface area contributed by atoms with Gasteiger partial charge in [0.25, 0.3) is 0 Å². The van der Waals surface area contributed by atoms with Crippen LogP contribution in [0.2, 0.25) is 0 Å². The maximum Gasteiger partial charge on any atom is 0.0620 e. The topological polar surface area (TPSA) is 46.2 Å². The molecule has 0 spiro atoms. The molecule has 4 nitrogen and oxygen atoms in total. The van der Waals surface area contributed by atoms with E-state index < -0.39 is 0 Å². The molecule has 15 heavy (non-hydrogen) atoms. The van der Waals surface area contributed by atoms with E-state index in [1.807, 2.05) is 18.3 Å². The van der Waals surface area contributed by atoms with E-state index in [0.29, 0.717) is 6.04 Å². The SMILES string of the molecule is c1cncc(NCCC2COCCN2)c1. The number of nitrogens with zero attached hydrogens (tertiary/aromatic N) is 1. The lowest BCUT2D eigenvalue weighted by Gasteiger charge is -2.23. The van der Waals surface area contributed by atoms with Crippen LogP contribution in [0.3, 0.4) is 0 Å². The number of aromatic nitrogens is 1. The summed E-state index contributed by atoms with van der Waals surface area (Å²) in [6.07, 6.45) is 4.70. The van der Waals surface area contributed by atoms with Crippen molar-refractivity contribution in [1.82, 2.24) is 10.3 Å². The summed E-state index contributed by atoms with van der Waals surface area (Å²) < 4.78 is 5.38. The van der Waals surface area contributed by atoms with Gasteiger partial charge in [-0.1, -0.05) is 0 Å². The highest BCUT2D eigenvalue weighted by Crippen LogP contribution is 2.04. The Bertz CT molecular complexity index is 272. The first-order valence-corrected chi connectivity index (χ1v) is 5.40. The smallest absolute Gasteiger partial charge is 0.0620 e. The van der Waals surface area contributed by atoms with Crippen LogP contribution in [0.5, 0.6) is 0 Å². The quantitative estimate of drug-likeness (QED) is 0.769. The van der Waals surface area contributed by atoms with Crippen LogP contribution in [0, 0.1) is 0 Å². The van der Waals surface area contributed by atoms with Gasteiger partial charge >= 0.3 is 0 Å². The number of hydrogen-bond acceptors (Lipinski definition) is 4. The normalized spacial score (nSPS) is 21.2. The largest absolute Gasteiger partial charge is 0.384 e. The van der Waals surface area contributed by atoms with Gasteiger partial charge in [-0.05, 0) is 18.6 Å². The van der Waals surface area contributed by atoms with Gasteiger partial charge in [0.1, 0.15) is 0 Å². The molecule has 2 N–H and O–H groups in total. The molecule has 1 aromatic rings. The average molecular weight is 207 g/mol. The molecule has 1 aromatic heterocycles. The Hall–Kier alpha value is -1.13. The molecule has 4 heteroatoms. The summed E-state index contributed by atoms with van der Waals surface area (Å²) in [6, 6.07) is 4.45. The van der Waals surface area contributed by atoms with Gasteiger partial charge in [0.15, 0.2) is 0 Å². The van der Waals surface area contributed by atoms with Crippen molar-refractivity contribution in [2.75, 3.05) is 31.6 Å². The third kappa shape index (κ3) is 3.49. The molecule has 1 aliphatic rings. The predicted molar refractivity (Wildman–Crippen MR) is 60.0 cm³/mol. The lowest BCUT2D eigenvalue weighted by atomic mass is 10.2. The number of morpholine rings is 1. The molecule has 1 aliphatic heterocycles. The highest BCUT2D eigenvalue weighted by Gasteiger charge is 2.11. The monoisotopic (exact) mass is 207 g/mol. The summed E-state index contributed by atoms with van der Waals surface area (Å²) >= 11 is 0. The Morgan fingerprint density at radius 2 is 2.60 bits per heavy atom. The fourth-order valence-electron chi connectivity index (χ4n) is 1.66. The molecule has 0 bridgehead atoms. The fraction of sp³-hybridized carbons (Fsp3) is 0.545. The van der Waals surface area contributed by atoms with Crippen LogP contribution in [0.4, 0.5) is 5.69 Å². The Morgan fingerprint density at radius 3 is 3.33 bits per heavy atom. The van der Waals surface area contributed by atoms with Gasteiger partial charge in [0.2, 0.25) is 0 Å². The van der Waals surface area contributed by atoms with E-state index in [1.165, 1.54) is 0 Å². The molecular formula is C11H17N3O. The van der Waals surface area contributed by atoms with Crippen LogP contribution in [0.15, 0.2) is 24.5 Å². The lowest BCUT2D eigenvalue weighted by Crippen LogP contribution is -2.42. The minimum Gasteiger partial charge on any atom is -0.384 e. The van der Waals surface area contributed by atoms with Crippen molar-refractivity contribution >= 4 is 5.69 Å². The summed E-state index contributed by atoms with van der Waals surface area (Å²) in [6.45, 7) is 3.59. The van der Waals surface area contributed by atoms with Crippen molar-refractivity contribution in [3.63, 3.8) is 0 Å². The summed E-state index contributed by atoms with van der Waals surface area (Å²) in [5, 5.41) is 6.76. The predicted octanol–water partition coefficient (Wildman–Crippen LogP) is 0.872. The van der Waals surface area contributed by atoms with Crippen LogP contribution in [-0.4, -0.2) is 37.3 Å². The molecule has 0 saturated carbocycles. The zero-order valence-corrected chi connectivity index (χ0v) is 8.78. The van der Waals surface area contributed by atoms with E-state index in [1.54, 1.807) is 6.20 Å². The highest BCUT2D eigenvalue weighted by molar-refractivity contribution is 5.39. The first-order valence-electron chi connectivity index (χ1n) is 5.40. The highest BCUT2D eigenvalue weighted by atomic mass is 16.5.